The number of rotatable bonds is 8. The number of aryl methyl sites for hydroxylation is 1. The number of carbonyl (C=O) groups is 2. The Labute approximate surface area is 169 Å². The van der Waals surface area contributed by atoms with E-state index in [0.717, 1.165) is 19.3 Å². The van der Waals surface area contributed by atoms with E-state index >= 15 is 0 Å². The summed E-state index contributed by atoms with van der Waals surface area (Å²) in [4.78, 5) is 23.8. The first-order valence-corrected chi connectivity index (χ1v) is 11.0. The summed E-state index contributed by atoms with van der Waals surface area (Å²) < 4.78 is 36.8. The fourth-order valence-corrected chi connectivity index (χ4v) is 4.58. The van der Waals surface area contributed by atoms with Crippen LogP contribution >= 0.6 is 0 Å². The Kier molecular flexibility index (Phi) is 7.05. The molecule has 9 heteroatoms. The Bertz CT molecular complexity index is 916. The fourth-order valence-electron chi connectivity index (χ4n) is 3.06. The molecule has 0 spiro atoms. The molecule has 156 valence electrons. The molecule has 1 aliphatic heterocycles. The number of ether oxygens (including phenoxy) is 1. The van der Waals surface area contributed by atoms with Crippen LogP contribution in [0.2, 0.25) is 0 Å². The van der Waals surface area contributed by atoms with Crippen molar-refractivity contribution in [1.82, 2.24) is 4.31 Å². The maximum atomic E-state index is 12.6. The lowest BCUT2D eigenvalue weighted by Crippen LogP contribution is -2.35. The van der Waals surface area contributed by atoms with Crippen LogP contribution in [0.5, 0.6) is 0 Å². The number of amides is 1. The van der Waals surface area contributed by atoms with Crippen LogP contribution in [-0.2, 0) is 30.8 Å². The Hall–Kier alpha value is -2.65. The predicted molar refractivity (Wildman–Crippen MR) is 106 cm³/mol. The van der Waals surface area contributed by atoms with Gasteiger partial charge in [-0.25, -0.2) is 8.42 Å². The van der Waals surface area contributed by atoms with Gasteiger partial charge in [-0.3, -0.25) is 9.59 Å². The lowest BCUT2D eigenvalue weighted by atomic mass is 10.2. The third-order valence-electron chi connectivity index (χ3n) is 4.61. The number of nitrogens with one attached hydrogen (secondary N) is 1. The van der Waals surface area contributed by atoms with Crippen LogP contribution in [0.25, 0.3) is 0 Å². The maximum absolute atomic E-state index is 12.6. The summed E-state index contributed by atoms with van der Waals surface area (Å²) in [5.41, 5.74) is 0.430. The molecule has 0 bridgehead atoms. The molecule has 0 radical (unpaired) electrons. The standard InChI is InChI=1S/C20H24N2O6S/c23-19(15-28-20(24)11-8-17-5-4-14-27-17)21-16-6-9-18(10-7-16)29(25,26)22-12-2-1-3-13-22/h4-7,9-10,14H,1-3,8,11-13,15H2,(H,21,23). The van der Waals surface area contributed by atoms with Crippen molar-refractivity contribution in [3.05, 3.63) is 48.4 Å². The first-order valence-electron chi connectivity index (χ1n) is 9.53. The number of benzene rings is 1. The number of furan rings is 1. The Balaban J connectivity index is 1.46. The molecule has 29 heavy (non-hydrogen) atoms. The molecule has 1 aromatic heterocycles. The van der Waals surface area contributed by atoms with E-state index in [9.17, 15) is 18.0 Å². The van der Waals surface area contributed by atoms with Gasteiger partial charge in [0.25, 0.3) is 5.91 Å². The zero-order valence-electron chi connectivity index (χ0n) is 16.0. The van der Waals surface area contributed by atoms with Crippen LogP contribution < -0.4 is 5.32 Å². The van der Waals surface area contributed by atoms with Crippen LogP contribution in [-0.4, -0.2) is 44.3 Å². The van der Waals surface area contributed by atoms with Crippen LogP contribution in [0, 0.1) is 0 Å². The van der Waals surface area contributed by atoms with Crippen molar-refractivity contribution in [2.75, 3.05) is 25.0 Å². The molecule has 1 aromatic carbocycles. The van der Waals surface area contributed by atoms with E-state index in [0.29, 0.717) is 31.0 Å². The highest BCUT2D eigenvalue weighted by molar-refractivity contribution is 7.89. The Morgan fingerprint density at radius 3 is 2.45 bits per heavy atom. The number of anilines is 1. The largest absolute Gasteiger partial charge is 0.469 e. The minimum atomic E-state index is -3.51. The Morgan fingerprint density at radius 1 is 1.07 bits per heavy atom. The summed E-state index contributed by atoms with van der Waals surface area (Å²) >= 11 is 0. The minimum Gasteiger partial charge on any atom is -0.469 e. The molecule has 8 nitrogen and oxygen atoms in total. The number of esters is 1. The van der Waals surface area contributed by atoms with Gasteiger partial charge >= 0.3 is 5.97 Å². The quantitative estimate of drug-likeness (QED) is 0.658. The average Bonchev–Trinajstić information content (AvgIpc) is 3.25. The number of hydrogen-bond donors (Lipinski definition) is 1. The van der Waals surface area contributed by atoms with Gasteiger partial charge in [0.1, 0.15) is 5.76 Å². The van der Waals surface area contributed by atoms with Gasteiger partial charge in [-0.05, 0) is 49.2 Å². The molecule has 3 rings (SSSR count). The summed E-state index contributed by atoms with van der Waals surface area (Å²) in [5, 5.41) is 2.58. The zero-order chi connectivity index (χ0) is 20.7. The SMILES string of the molecule is O=C(COC(=O)CCc1ccco1)Nc1ccc(S(=O)(=O)N2CCCCC2)cc1. The van der Waals surface area contributed by atoms with Crippen molar-refractivity contribution in [3.8, 4) is 0 Å². The molecule has 0 aliphatic carbocycles. The summed E-state index contributed by atoms with van der Waals surface area (Å²) in [6.45, 7) is 0.656. The van der Waals surface area contributed by atoms with E-state index in [1.807, 2.05) is 0 Å². The van der Waals surface area contributed by atoms with Gasteiger partial charge in [0, 0.05) is 25.2 Å². The van der Waals surface area contributed by atoms with Crippen molar-refractivity contribution in [1.29, 1.82) is 0 Å². The van der Waals surface area contributed by atoms with Gasteiger partial charge in [0.2, 0.25) is 10.0 Å². The van der Waals surface area contributed by atoms with Crippen molar-refractivity contribution in [2.24, 2.45) is 0 Å². The second kappa shape index (κ2) is 9.71. The number of carbonyl (C=O) groups excluding carboxylic acids is 2. The lowest BCUT2D eigenvalue weighted by Gasteiger charge is -2.25. The maximum Gasteiger partial charge on any atom is 0.306 e. The van der Waals surface area contributed by atoms with E-state index in [2.05, 4.69) is 5.32 Å². The van der Waals surface area contributed by atoms with E-state index in [1.54, 1.807) is 12.1 Å². The first kappa shape index (κ1) is 21.1. The third kappa shape index (κ3) is 5.91. The summed E-state index contributed by atoms with van der Waals surface area (Å²) in [6.07, 6.45) is 4.83. The smallest absolute Gasteiger partial charge is 0.306 e. The van der Waals surface area contributed by atoms with Gasteiger partial charge in [0.05, 0.1) is 17.6 Å². The van der Waals surface area contributed by atoms with Crippen LogP contribution in [0.1, 0.15) is 31.4 Å². The molecule has 0 saturated carbocycles. The molecule has 1 N–H and O–H groups in total. The van der Waals surface area contributed by atoms with Crippen LogP contribution in [0.3, 0.4) is 0 Å². The number of nitrogens with zero attached hydrogens (tertiary/aromatic N) is 1. The lowest BCUT2D eigenvalue weighted by molar-refractivity contribution is -0.147. The zero-order valence-corrected chi connectivity index (χ0v) is 16.8. The molecular weight excluding hydrogens is 396 g/mol. The molecule has 2 aromatic rings. The van der Waals surface area contributed by atoms with Crippen molar-refractivity contribution >= 4 is 27.6 Å². The van der Waals surface area contributed by atoms with Crippen LogP contribution in [0.4, 0.5) is 5.69 Å². The van der Waals surface area contributed by atoms with E-state index in [1.165, 1.54) is 34.8 Å². The van der Waals surface area contributed by atoms with Gasteiger partial charge in [-0.1, -0.05) is 6.42 Å². The highest BCUT2D eigenvalue weighted by atomic mass is 32.2. The van der Waals surface area contributed by atoms with Crippen molar-refractivity contribution in [2.45, 2.75) is 37.0 Å². The number of piperidine rings is 1. The minimum absolute atomic E-state index is 0.115. The topological polar surface area (TPSA) is 106 Å². The van der Waals surface area contributed by atoms with Crippen LogP contribution in [0.15, 0.2) is 52.0 Å². The van der Waals surface area contributed by atoms with Gasteiger partial charge in [-0.2, -0.15) is 4.31 Å². The number of hydrogen-bond acceptors (Lipinski definition) is 6. The summed E-state index contributed by atoms with van der Waals surface area (Å²) in [7, 11) is -3.51. The second-order valence-electron chi connectivity index (χ2n) is 6.78. The molecular formula is C20H24N2O6S. The van der Waals surface area contributed by atoms with E-state index in [4.69, 9.17) is 9.15 Å². The fraction of sp³-hybridized carbons (Fsp3) is 0.400. The normalized spacial score (nSPS) is 15.0. The van der Waals surface area contributed by atoms with E-state index in [-0.39, 0.29) is 11.3 Å². The van der Waals surface area contributed by atoms with Crippen molar-refractivity contribution in [3.63, 3.8) is 0 Å². The van der Waals surface area contributed by atoms with Gasteiger partial charge in [-0.15, -0.1) is 0 Å². The summed E-state index contributed by atoms with van der Waals surface area (Å²) in [5.74, 6) is -0.325. The predicted octanol–water partition coefficient (Wildman–Crippen LogP) is 2.57. The molecule has 1 amide bonds. The van der Waals surface area contributed by atoms with Crippen molar-refractivity contribution < 1.29 is 27.2 Å². The highest BCUT2D eigenvalue weighted by Crippen LogP contribution is 2.22. The molecule has 2 heterocycles. The highest BCUT2D eigenvalue weighted by Gasteiger charge is 2.25. The molecule has 0 atom stereocenters. The second-order valence-corrected chi connectivity index (χ2v) is 8.72. The molecule has 1 aliphatic rings. The van der Waals surface area contributed by atoms with Gasteiger partial charge < -0.3 is 14.5 Å². The Morgan fingerprint density at radius 2 is 1.79 bits per heavy atom. The number of sulfonamides is 1. The van der Waals surface area contributed by atoms with E-state index < -0.39 is 28.5 Å². The first-order chi connectivity index (χ1) is 13.9. The molecule has 0 unspecified atom stereocenters. The average molecular weight is 420 g/mol. The third-order valence-corrected chi connectivity index (χ3v) is 6.52. The summed E-state index contributed by atoms with van der Waals surface area (Å²) in [6, 6.07) is 9.47. The molecule has 1 saturated heterocycles. The monoisotopic (exact) mass is 420 g/mol. The van der Waals surface area contributed by atoms with Gasteiger partial charge in [0.15, 0.2) is 6.61 Å². The molecule has 1 fully saturated rings.